The molecule has 0 radical (unpaired) electrons. The highest BCUT2D eigenvalue weighted by atomic mass is 19.1. The van der Waals surface area contributed by atoms with E-state index in [-0.39, 0.29) is 41.0 Å². The molecule has 7 nitrogen and oxygen atoms in total. The van der Waals surface area contributed by atoms with Gasteiger partial charge in [0.15, 0.2) is 11.5 Å². The van der Waals surface area contributed by atoms with Gasteiger partial charge in [-0.15, -0.1) is 0 Å². The molecule has 2 aliphatic heterocycles. The number of hydrogen-bond donors (Lipinski definition) is 1. The highest BCUT2D eigenvalue weighted by Gasteiger charge is 2.50. The number of hydrogen-bond acceptors (Lipinski definition) is 5. The molecule has 1 saturated heterocycles. The zero-order valence-corrected chi connectivity index (χ0v) is 17.2. The standard InChI is InChI=1S/C22H22F2N2O5/c1-22-6-3-7-31-16(22)11-26-10-14(18(27)19(30-2)17(26)20(22)28)21(29)25-9-12-4-5-13(23)8-15(12)24/h4-5,8,10,16H,3,6-7,9,11H2,1-2H3,(H,25,29)/t16-,22-/m0/s1. The number of amides is 1. The maximum Gasteiger partial charge on any atom is 0.257 e. The summed E-state index contributed by atoms with van der Waals surface area (Å²) in [5.74, 6) is -2.74. The lowest BCUT2D eigenvalue weighted by Gasteiger charge is -2.44. The Kier molecular flexibility index (Phi) is 5.38. The van der Waals surface area contributed by atoms with Crippen LogP contribution in [0.15, 0.2) is 29.2 Å². The summed E-state index contributed by atoms with van der Waals surface area (Å²) in [4.78, 5) is 38.9. The summed E-state index contributed by atoms with van der Waals surface area (Å²) in [6.07, 6.45) is 2.31. The minimum atomic E-state index is -0.806. The van der Waals surface area contributed by atoms with Crippen molar-refractivity contribution >= 4 is 11.7 Å². The van der Waals surface area contributed by atoms with Gasteiger partial charge in [0, 0.05) is 31.0 Å². The van der Waals surface area contributed by atoms with E-state index >= 15 is 0 Å². The molecule has 1 aromatic heterocycles. The number of carbonyl (C=O) groups is 2. The maximum absolute atomic E-state index is 13.8. The molecule has 9 heteroatoms. The van der Waals surface area contributed by atoms with Crippen LogP contribution in [-0.4, -0.2) is 36.1 Å². The third-order valence-electron chi connectivity index (χ3n) is 6.11. The Balaban J connectivity index is 1.68. The molecule has 2 aromatic rings. The van der Waals surface area contributed by atoms with E-state index in [1.165, 1.54) is 23.9 Å². The maximum atomic E-state index is 13.8. The van der Waals surface area contributed by atoms with Gasteiger partial charge in [-0.2, -0.15) is 0 Å². The van der Waals surface area contributed by atoms with Crippen LogP contribution in [0, 0.1) is 17.0 Å². The summed E-state index contributed by atoms with van der Waals surface area (Å²) < 4.78 is 39.5. The average Bonchev–Trinajstić information content (AvgIpc) is 2.74. The number of halogens is 2. The molecule has 0 spiro atoms. The molecule has 1 aromatic carbocycles. The molecule has 1 amide bonds. The van der Waals surface area contributed by atoms with Gasteiger partial charge < -0.3 is 19.4 Å². The first-order valence-electron chi connectivity index (χ1n) is 9.96. The van der Waals surface area contributed by atoms with Gasteiger partial charge >= 0.3 is 0 Å². The highest BCUT2D eigenvalue weighted by Crippen LogP contribution is 2.42. The predicted octanol–water partition coefficient (Wildman–Crippen LogP) is 2.45. The molecule has 0 saturated carbocycles. The van der Waals surface area contributed by atoms with Gasteiger partial charge in [-0.25, -0.2) is 8.78 Å². The molecular formula is C22H22F2N2O5. The molecule has 2 aliphatic rings. The van der Waals surface area contributed by atoms with Crippen LogP contribution in [0.5, 0.6) is 5.75 Å². The fraction of sp³-hybridized carbons (Fsp3) is 0.409. The predicted molar refractivity (Wildman–Crippen MR) is 106 cm³/mol. The molecule has 0 bridgehead atoms. The number of benzene rings is 1. The number of pyridine rings is 1. The highest BCUT2D eigenvalue weighted by molar-refractivity contribution is 6.03. The van der Waals surface area contributed by atoms with E-state index in [4.69, 9.17) is 9.47 Å². The van der Waals surface area contributed by atoms with E-state index in [0.717, 1.165) is 12.5 Å². The van der Waals surface area contributed by atoms with E-state index in [2.05, 4.69) is 5.32 Å². The van der Waals surface area contributed by atoms with Crippen molar-refractivity contribution < 1.29 is 27.8 Å². The van der Waals surface area contributed by atoms with Crippen LogP contribution in [0.25, 0.3) is 0 Å². The molecule has 164 valence electrons. The number of nitrogens with zero attached hydrogens (tertiary/aromatic N) is 1. The second-order valence-corrected chi connectivity index (χ2v) is 8.03. The van der Waals surface area contributed by atoms with Gasteiger partial charge in [0.25, 0.3) is 5.91 Å². The number of aromatic nitrogens is 1. The first-order valence-corrected chi connectivity index (χ1v) is 9.96. The zero-order chi connectivity index (χ0) is 22.3. The Labute approximate surface area is 177 Å². The number of methoxy groups -OCH3 is 1. The Hall–Kier alpha value is -3.07. The molecule has 0 aliphatic carbocycles. The normalized spacial score (nSPS) is 22.5. The Morgan fingerprint density at radius 3 is 2.84 bits per heavy atom. The zero-order valence-electron chi connectivity index (χ0n) is 17.2. The molecular weight excluding hydrogens is 410 g/mol. The van der Waals surface area contributed by atoms with Crippen LogP contribution < -0.4 is 15.5 Å². The minimum Gasteiger partial charge on any atom is -0.491 e. The van der Waals surface area contributed by atoms with E-state index < -0.39 is 28.4 Å². The fourth-order valence-corrected chi connectivity index (χ4v) is 4.28. The smallest absolute Gasteiger partial charge is 0.257 e. The first kappa shape index (κ1) is 21.2. The molecule has 0 unspecified atom stereocenters. The quantitative estimate of drug-likeness (QED) is 0.802. The number of ketones is 1. The van der Waals surface area contributed by atoms with Crippen molar-refractivity contribution in [3.8, 4) is 5.75 Å². The van der Waals surface area contributed by atoms with Gasteiger partial charge in [-0.3, -0.25) is 14.4 Å². The molecule has 4 rings (SSSR count). The van der Waals surface area contributed by atoms with Crippen molar-refractivity contribution in [2.75, 3.05) is 13.7 Å². The molecule has 3 heterocycles. The molecule has 31 heavy (non-hydrogen) atoms. The van der Waals surface area contributed by atoms with Crippen molar-refractivity contribution in [3.63, 3.8) is 0 Å². The first-order chi connectivity index (χ1) is 14.8. The van der Waals surface area contributed by atoms with Gasteiger partial charge in [-0.1, -0.05) is 6.07 Å². The lowest BCUT2D eigenvalue weighted by Crippen LogP contribution is -2.52. The van der Waals surface area contributed by atoms with Crippen molar-refractivity contribution in [2.24, 2.45) is 5.41 Å². The van der Waals surface area contributed by atoms with Crippen LogP contribution in [0.4, 0.5) is 8.78 Å². The number of rotatable bonds is 4. The second-order valence-electron chi connectivity index (χ2n) is 8.03. The lowest BCUT2D eigenvalue weighted by atomic mass is 9.71. The second kappa shape index (κ2) is 7.88. The van der Waals surface area contributed by atoms with Gasteiger partial charge in [0.2, 0.25) is 5.43 Å². The van der Waals surface area contributed by atoms with E-state index in [9.17, 15) is 23.2 Å². The van der Waals surface area contributed by atoms with Gasteiger partial charge in [0.1, 0.15) is 22.9 Å². The number of fused-ring (bicyclic) bond motifs is 2. The molecule has 1 fully saturated rings. The summed E-state index contributed by atoms with van der Waals surface area (Å²) in [5.41, 5.74) is -1.53. The Morgan fingerprint density at radius 1 is 1.35 bits per heavy atom. The molecule has 1 N–H and O–H groups in total. The number of nitrogens with one attached hydrogen (secondary N) is 1. The summed E-state index contributed by atoms with van der Waals surface area (Å²) in [6, 6.07) is 3.00. The lowest BCUT2D eigenvalue weighted by molar-refractivity contribution is -0.0740. The average molecular weight is 432 g/mol. The SMILES string of the molecule is COc1c2n(cc(C(=O)NCc3ccc(F)cc3F)c1=O)C[C@@H]1OCCC[C@]1(C)C2=O. The van der Waals surface area contributed by atoms with Crippen LogP contribution in [-0.2, 0) is 17.8 Å². The summed E-state index contributed by atoms with van der Waals surface area (Å²) in [5, 5.41) is 2.46. The van der Waals surface area contributed by atoms with Crippen molar-refractivity contribution in [3.05, 3.63) is 63.1 Å². The summed E-state index contributed by atoms with van der Waals surface area (Å²) in [7, 11) is 1.27. The monoisotopic (exact) mass is 432 g/mol. The van der Waals surface area contributed by atoms with Crippen LogP contribution in [0.1, 0.15) is 46.2 Å². The van der Waals surface area contributed by atoms with Gasteiger partial charge in [-0.05, 0) is 25.8 Å². The summed E-state index contributed by atoms with van der Waals surface area (Å²) in [6.45, 7) is 2.42. The number of ether oxygens (including phenoxy) is 2. The van der Waals surface area contributed by atoms with Crippen LogP contribution in [0.3, 0.4) is 0 Å². The topological polar surface area (TPSA) is 86.6 Å². The summed E-state index contributed by atoms with van der Waals surface area (Å²) >= 11 is 0. The Bertz CT molecular complexity index is 1130. The third kappa shape index (κ3) is 3.52. The largest absolute Gasteiger partial charge is 0.491 e. The number of carbonyl (C=O) groups excluding carboxylic acids is 2. The van der Waals surface area contributed by atoms with Crippen molar-refractivity contribution in [1.29, 1.82) is 0 Å². The molecule has 2 atom stereocenters. The minimum absolute atomic E-state index is 0.0707. The number of Topliss-reactive ketones (excluding diaryl/α,β-unsaturated/α-hetero) is 1. The fourth-order valence-electron chi connectivity index (χ4n) is 4.28. The van der Waals surface area contributed by atoms with Crippen LogP contribution in [0.2, 0.25) is 0 Å². The Morgan fingerprint density at radius 2 is 2.13 bits per heavy atom. The van der Waals surface area contributed by atoms with Crippen molar-refractivity contribution in [2.45, 2.75) is 39.0 Å². The van der Waals surface area contributed by atoms with E-state index in [0.29, 0.717) is 25.6 Å². The van der Waals surface area contributed by atoms with E-state index in [1.54, 1.807) is 0 Å². The van der Waals surface area contributed by atoms with Crippen molar-refractivity contribution in [1.82, 2.24) is 9.88 Å². The van der Waals surface area contributed by atoms with Gasteiger partial charge in [0.05, 0.1) is 25.2 Å². The van der Waals surface area contributed by atoms with E-state index in [1.807, 2.05) is 6.92 Å². The van der Waals surface area contributed by atoms with Crippen LogP contribution >= 0.6 is 0 Å². The third-order valence-corrected chi connectivity index (χ3v) is 6.11.